The Balaban J connectivity index is 1.84. The van der Waals surface area contributed by atoms with Crippen molar-refractivity contribution in [1.82, 2.24) is 14.9 Å². The number of aromatic nitrogens is 2. The molecule has 1 aliphatic rings. The van der Waals surface area contributed by atoms with Crippen LogP contribution >= 0.6 is 0 Å². The van der Waals surface area contributed by atoms with E-state index in [1.165, 1.54) is 0 Å². The molecule has 1 aliphatic heterocycles. The highest BCUT2D eigenvalue weighted by molar-refractivity contribution is 5.73. The fraction of sp³-hybridized carbons (Fsp3) is 0.353. The standard InChI is InChI=1S/C17H20N4O/c1-12(22)21-9-3-4-14(11-21)16-6-2-5-15(20-16)13-7-8-17(18)19-10-13/h2,5-8,10,14H,3-4,9,11H2,1H3,(H2,18,19). The number of carbonyl (C=O) groups excluding carboxylic acids is 1. The largest absolute Gasteiger partial charge is 0.384 e. The minimum absolute atomic E-state index is 0.142. The molecule has 0 aromatic carbocycles. The van der Waals surface area contributed by atoms with Crippen LogP contribution < -0.4 is 5.73 Å². The topological polar surface area (TPSA) is 72.1 Å². The summed E-state index contributed by atoms with van der Waals surface area (Å²) >= 11 is 0. The summed E-state index contributed by atoms with van der Waals surface area (Å²) in [5.41, 5.74) is 8.52. The lowest BCUT2D eigenvalue weighted by Crippen LogP contribution is -2.37. The lowest BCUT2D eigenvalue weighted by Gasteiger charge is -2.31. The van der Waals surface area contributed by atoms with Gasteiger partial charge in [0.2, 0.25) is 5.91 Å². The van der Waals surface area contributed by atoms with Crippen molar-refractivity contribution in [1.29, 1.82) is 0 Å². The summed E-state index contributed by atoms with van der Waals surface area (Å²) < 4.78 is 0. The fourth-order valence-corrected chi connectivity index (χ4v) is 2.90. The molecular formula is C17H20N4O. The third kappa shape index (κ3) is 3.08. The van der Waals surface area contributed by atoms with Crippen LogP contribution in [0.2, 0.25) is 0 Å². The molecule has 0 bridgehead atoms. The number of nitrogens with two attached hydrogens (primary N) is 1. The van der Waals surface area contributed by atoms with Gasteiger partial charge in [-0.05, 0) is 37.1 Å². The molecule has 1 saturated heterocycles. The first kappa shape index (κ1) is 14.5. The maximum Gasteiger partial charge on any atom is 0.219 e. The first-order valence-corrected chi connectivity index (χ1v) is 7.58. The maximum absolute atomic E-state index is 11.6. The summed E-state index contributed by atoms with van der Waals surface area (Å²) in [6.07, 6.45) is 3.84. The molecule has 1 fully saturated rings. The molecule has 0 aliphatic carbocycles. The second-order valence-corrected chi connectivity index (χ2v) is 5.72. The molecule has 22 heavy (non-hydrogen) atoms. The molecule has 5 nitrogen and oxygen atoms in total. The summed E-state index contributed by atoms with van der Waals surface area (Å²) in [7, 11) is 0. The SMILES string of the molecule is CC(=O)N1CCCC(c2cccc(-c3ccc(N)nc3)n2)C1. The molecule has 2 aromatic rings. The van der Waals surface area contributed by atoms with Crippen molar-refractivity contribution in [3.8, 4) is 11.3 Å². The zero-order valence-corrected chi connectivity index (χ0v) is 12.7. The summed E-state index contributed by atoms with van der Waals surface area (Å²) in [6, 6.07) is 9.74. The number of nitrogen functional groups attached to an aromatic ring is 1. The number of nitrogens with zero attached hydrogens (tertiary/aromatic N) is 3. The van der Waals surface area contributed by atoms with Crippen molar-refractivity contribution < 1.29 is 4.79 Å². The smallest absolute Gasteiger partial charge is 0.219 e. The number of amides is 1. The number of likely N-dealkylation sites (tertiary alicyclic amines) is 1. The van der Waals surface area contributed by atoms with Crippen molar-refractivity contribution >= 4 is 11.7 Å². The van der Waals surface area contributed by atoms with Crippen molar-refractivity contribution in [2.75, 3.05) is 18.8 Å². The van der Waals surface area contributed by atoms with Gasteiger partial charge >= 0.3 is 0 Å². The fourth-order valence-electron chi connectivity index (χ4n) is 2.90. The molecule has 1 atom stereocenters. The van der Waals surface area contributed by atoms with Gasteiger partial charge in [-0.3, -0.25) is 9.78 Å². The molecule has 1 unspecified atom stereocenters. The van der Waals surface area contributed by atoms with Gasteiger partial charge in [-0.2, -0.15) is 0 Å². The zero-order valence-electron chi connectivity index (χ0n) is 12.7. The molecule has 0 spiro atoms. The highest BCUT2D eigenvalue weighted by Crippen LogP contribution is 2.27. The van der Waals surface area contributed by atoms with E-state index in [4.69, 9.17) is 10.7 Å². The normalized spacial score (nSPS) is 18.2. The van der Waals surface area contributed by atoms with Crippen LogP contribution in [0.1, 0.15) is 31.4 Å². The Morgan fingerprint density at radius 2 is 2.18 bits per heavy atom. The number of hydrogen-bond donors (Lipinski definition) is 1. The second kappa shape index (κ2) is 6.13. The number of anilines is 1. The Bertz CT molecular complexity index is 669. The minimum atomic E-state index is 0.142. The molecule has 2 N–H and O–H groups in total. The van der Waals surface area contributed by atoms with Gasteiger partial charge in [-0.15, -0.1) is 0 Å². The molecule has 2 aromatic heterocycles. The number of hydrogen-bond acceptors (Lipinski definition) is 4. The van der Waals surface area contributed by atoms with Crippen molar-refractivity contribution in [3.63, 3.8) is 0 Å². The van der Waals surface area contributed by atoms with Gasteiger partial charge in [0.1, 0.15) is 5.82 Å². The molecule has 0 saturated carbocycles. The van der Waals surface area contributed by atoms with Crippen molar-refractivity contribution in [2.24, 2.45) is 0 Å². The van der Waals surface area contributed by atoms with Gasteiger partial charge in [0.15, 0.2) is 0 Å². The summed E-state index contributed by atoms with van der Waals surface area (Å²) in [5.74, 6) is 0.951. The van der Waals surface area contributed by atoms with Crippen LogP contribution in [0, 0.1) is 0 Å². The molecule has 1 amide bonds. The zero-order chi connectivity index (χ0) is 15.5. The monoisotopic (exact) mass is 296 g/mol. The Kier molecular flexibility index (Phi) is 4.04. The van der Waals surface area contributed by atoms with Gasteiger partial charge in [-0.1, -0.05) is 6.07 Å². The first-order valence-electron chi connectivity index (χ1n) is 7.58. The molecule has 114 valence electrons. The highest BCUT2D eigenvalue weighted by Gasteiger charge is 2.23. The van der Waals surface area contributed by atoms with Gasteiger partial charge in [0.25, 0.3) is 0 Å². The van der Waals surface area contributed by atoms with Crippen molar-refractivity contribution in [2.45, 2.75) is 25.7 Å². The van der Waals surface area contributed by atoms with Crippen LogP contribution in [-0.2, 0) is 4.79 Å². The van der Waals surface area contributed by atoms with E-state index in [-0.39, 0.29) is 5.91 Å². The summed E-state index contributed by atoms with van der Waals surface area (Å²) in [4.78, 5) is 22.4. The van der Waals surface area contributed by atoms with E-state index in [9.17, 15) is 4.79 Å². The predicted molar refractivity (Wildman–Crippen MR) is 86.1 cm³/mol. The van der Waals surface area contributed by atoms with E-state index >= 15 is 0 Å². The third-order valence-corrected chi connectivity index (χ3v) is 4.14. The van der Waals surface area contributed by atoms with E-state index in [1.807, 2.05) is 29.2 Å². The molecule has 0 radical (unpaired) electrons. The number of pyridine rings is 2. The van der Waals surface area contributed by atoms with Gasteiger partial charge in [0.05, 0.1) is 5.69 Å². The van der Waals surface area contributed by atoms with Crippen LogP contribution in [-0.4, -0.2) is 33.9 Å². The second-order valence-electron chi connectivity index (χ2n) is 5.72. The van der Waals surface area contributed by atoms with Crippen LogP contribution in [0.25, 0.3) is 11.3 Å². The van der Waals surface area contributed by atoms with E-state index in [1.54, 1.807) is 19.2 Å². The van der Waals surface area contributed by atoms with Gasteiger partial charge in [-0.25, -0.2) is 4.98 Å². The van der Waals surface area contributed by atoms with Crippen molar-refractivity contribution in [3.05, 3.63) is 42.2 Å². The van der Waals surface area contributed by atoms with E-state index < -0.39 is 0 Å². The molecule has 3 heterocycles. The Hall–Kier alpha value is -2.43. The minimum Gasteiger partial charge on any atom is -0.384 e. The van der Waals surface area contributed by atoms with E-state index in [2.05, 4.69) is 4.98 Å². The maximum atomic E-state index is 11.6. The van der Waals surface area contributed by atoms with Crippen LogP contribution in [0.15, 0.2) is 36.5 Å². The summed E-state index contributed by atoms with van der Waals surface area (Å²) in [6.45, 7) is 3.24. The Morgan fingerprint density at radius 3 is 2.91 bits per heavy atom. The summed E-state index contributed by atoms with van der Waals surface area (Å²) in [5, 5.41) is 0. The van der Waals surface area contributed by atoms with Gasteiger partial charge < -0.3 is 10.6 Å². The predicted octanol–water partition coefficient (Wildman–Crippen LogP) is 2.45. The van der Waals surface area contributed by atoms with Crippen LogP contribution in [0.4, 0.5) is 5.82 Å². The average Bonchev–Trinajstić information content (AvgIpc) is 2.56. The van der Waals surface area contributed by atoms with Crippen LogP contribution in [0.3, 0.4) is 0 Å². The number of rotatable bonds is 2. The average molecular weight is 296 g/mol. The third-order valence-electron chi connectivity index (χ3n) is 4.14. The molecular weight excluding hydrogens is 276 g/mol. The van der Waals surface area contributed by atoms with Gasteiger partial charge in [0, 0.05) is 43.4 Å². The van der Waals surface area contributed by atoms with Crippen LogP contribution in [0.5, 0.6) is 0 Å². The lowest BCUT2D eigenvalue weighted by atomic mass is 9.94. The first-order chi connectivity index (χ1) is 10.6. The Morgan fingerprint density at radius 1 is 1.32 bits per heavy atom. The Labute approximate surface area is 130 Å². The molecule has 5 heteroatoms. The number of carbonyl (C=O) groups is 1. The molecule has 3 rings (SSSR count). The number of piperidine rings is 1. The van der Waals surface area contributed by atoms with E-state index in [0.717, 1.165) is 42.9 Å². The quantitative estimate of drug-likeness (QED) is 0.924. The van der Waals surface area contributed by atoms with E-state index in [0.29, 0.717) is 11.7 Å². The lowest BCUT2D eigenvalue weighted by molar-refractivity contribution is -0.130. The highest BCUT2D eigenvalue weighted by atomic mass is 16.2.